The summed E-state index contributed by atoms with van der Waals surface area (Å²) in [6.07, 6.45) is 1.46. The molecule has 2 aromatic carbocycles. The Morgan fingerprint density at radius 3 is 2.19 bits per heavy atom. The van der Waals surface area contributed by atoms with Crippen LogP contribution in [0.4, 0.5) is 14.9 Å². The van der Waals surface area contributed by atoms with Gasteiger partial charge < -0.3 is 9.30 Å². The van der Waals surface area contributed by atoms with Gasteiger partial charge in [0, 0.05) is 17.1 Å². The van der Waals surface area contributed by atoms with Crippen LogP contribution < -0.4 is 15.0 Å². The van der Waals surface area contributed by atoms with E-state index >= 15 is 0 Å². The Balaban J connectivity index is 1.73. The van der Waals surface area contributed by atoms with Gasteiger partial charge in [0.2, 0.25) is 0 Å². The summed E-state index contributed by atoms with van der Waals surface area (Å²) >= 11 is 0. The first-order valence-corrected chi connectivity index (χ1v) is 9.80. The fraction of sp³-hybridized carbons (Fsp3) is 0.125. The minimum Gasteiger partial charge on any atom is -0.497 e. The van der Waals surface area contributed by atoms with Gasteiger partial charge in [-0.1, -0.05) is 0 Å². The van der Waals surface area contributed by atoms with Crippen LogP contribution in [0.15, 0.2) is 60.2 Å². The molecule has 1 aromatic heterocycles. The quantitative estimate of drug-likeness (QED) is 0.500. The Kier molecular flexibility index (Phi) is 5.36. The van der Waals surface area contributed by atoms with Gasteiger partial charge in [0.1, 0.15) is 17.1 Å². The number of carbonyl (C=O) groups is 3. The summed E-state index contributed by atoms with van der Waals surface area (Å²) < 4.78 is 20.5. The average molecular weight is 433 g/mol. The van der Waals surface area contributed by atoms with Crippen LogP contribution in [0.2, 0.25) is 0 Å². The maximum absolute atomic E-state index is 13.3. The number of amides is 4. The molecule has 0 bridgehead atoms. The Morgan fingerprint density at radius 1 is 0.938 bits per heavy atom. The number of hydrogen-bond acceptors (Lipinski definition) is 4. The number of aryl methyl sites for hydroxylation is 1. The molecule has 32 heavy (non-hydrogen) atoms. The fourth-order valence-electron chi connectivity index (χ4n) is 3.70. The third-order valence-electron chi connectivity index (χ3n) is 5.29. The van der Waals surface area contributed by atoms with Crippen molar-refractivity contribution in [2.24, 2.45) is 0 Å². The number of carbonyl (C=O) groups excluding carboxylic acids is 3. The van der Waals surface area contributed by atoms with Gasteiger partial charge >= 0.3 is 6.03 Å². The molecule has 1 fully saturated rings. The number of hydrogen-bond donors (Lipinski definition) is 1. The number of barbiturate groups is 1. The lowest BCUT2D eigenvalue weighted by molar-refractivity contribution is -0.122. The van der Waals surface area contributed by atoms with Gasteiger partial charge in [0.15, 0.2) is 0 Å². The molecule has 2 heterocycles. The molecule has 0 saturated carbocycles. The zero-order valence-electron chi connectivity index (χ0n) is 17.7. The van der Waals surface area contributed by atoms with Gasteiger partial charge in [0.05, 0.1) is 12.8 Å². The minimum absolute atomic E-state index is 0.163. The van der Waals surface area contributed by atoms with Crippen molar-refractivity contribution in [3.05, 3.63) is 82.9 Å². The van der Waals surface area contributed by atoms with Crippen molar-refractivity contribution in [2.45, 2.75) is 13.8 Å². The first kappa shape index (κ1) is 21.0. The number of halogens is 1. The summed E-state index contributed by atoms with van der Waals surface area (Å²) in [6.45, 7) is 3.79. The highest BCUT2D eigenvalue weighted by molar-refractivity contribution is 6.39. The van der Waals surface area contributed by atoms with E-state index in [4.69, 9.17) is 4.74 Å². The molecule has 1 N–H and O–H groups in total. The van der Waals surface area contributed by atoms with Crippen molar-refractivity contribution in [1.29, 1.82) is 0 Å². The lowest BCUT2D eigenvalue weighted by atomic mass is 10.1. The van der Waals surface area contributed by atoms with Gasteiger partial charge in [-0.05, 0) is 80.1 Å². The van der Waals surface area contributed by atoms with Gasteiger partial charge in [0.25, 0.3) is 11.8 Å². The highest BCUT2D eigenvalue weighted by atomic mass is 19.1. The molecule has 8 heteroatoms. The lowest BCUT2D eigenvalue weighted by Crippen LogP contribution is -2.54. The van der Waals surface area contributed by atoms with Crippen LogP contribution in [0.1, 0.15) is 17.0 Å². The van der Waals surface area contributed by atoms with Crippen molar-refractivity contribution in [2.75, 3.05) is 12.0 Å². The average Bonchev–Trinajstić information content (AvgIpc) is 3.05. The van der Waals surface area contributed by atoms with E-state index in [2.05, 4.69) is 5.32 Å². The van der Waals surface area contributed by atoms with Gasteiger partial charge in [-0.3, -0.25) is 14.9 Å². The van der Waals surface area contributed by atoms with Crippen molar-refractivity contribution in [3.63, 3.8) is 0 Å². The van der Waals surface area contributed by atoms with E-state index in [0.717, 1.165) is 39.9 Å². The van der Waals surface area contributed by atoms with E-state index in [1.54, 1.807) is 7.11 Å². The van der Waals surface area contributed by atoms with Crippen LogP contribution in [0.3, 0.4) is 0 Å². The van der Waals surface area contributed by atoms with Gasteiger partial charge in [-0.15, -0.1) is 0 Å². The summed E-state index contributed by atoms with van der Waals surface area (Å²) in [4.78, 5) is 38.6. The second-order valence-electron chi connectivity index (χ2n) is 7.29. The van der Waals surface area contributed by atoms with E-state index < -0.39 is 23.7 Å². The Labute approximate surface area is 183 Å². The van der Waals surface area contributed by atoms with Crippen molar-refractivity contribution in [3.8, 4) is 11.4 Å². The van der Waals surface area contributed by atoms with E-state index in [0.29, 0.717) is 5.56 Å². The predicted molar refractivity (Wildman–Crippen MR) is 117 cm³/mol. The Bertz CT molecular complexity index is 1260. The van der Waals surface area contributed by atoms with Crippen LogP contribution in [-0.4, -0.2) is 29.5 Å². The van der Waals surface area contributed by atoms with Crippen molar-refractivity contribution in [1.82, 2.24) is 9.88 Å². The highest BCUT2D eigenvalue weighted by Gasteiger charge is 2.37. The van der Waals surface area contributed by atoms with E-state index in [1.165, 1.54) is 18.2 Å². The number of benzene rings is 2. The molecule has 1 aliphatic rings. The second kappa shape index (κ2) is 8.14. The molecule has 0 atom stereocenters. The Morgan fingerprint density at radius 2 is 1.56 bits per heavy atom. The minimum atomic E-state index is -0.882. The number of ether oxygens (including phenoxy) is 1. The van der Waals surface area contributed by atoms with Gasteiger partial charge in [-0.25, -0.2) is 14.1 Å². The van der Waals surface area contributed by atoms with E-state index in [9.17, 15) is 18.8 Å². The molecular formula is C24H20FN3O4. The molecule has 162 valence electrons. The summed E-state index contributed by atoms with van der Waals surface area (Å²) in [5.74, 6) is -1.34. The topological polar surface area (TPSA) is 80.6 Å². The monoisotopic (exact) mass is 433 g/mol. The van der Waals surface area contributed by atoms with Crippen LogP contribution in [0, 0.1) is 19.7 Å². The first-order chi connectivity index (χ1) is 15.3. The molecule has 0 spiro atoms. The molecule has 1 aliphatic heterocycles. The molecule has 3 aromatic rings. The number of nitrogens with one attached hydrogen (secondary N) is 1. The number of imide groups is 2. The van der Waals surface area contributed by atoms with Crippen LogP contribution in [0.5, 0.6) is 5.75 Å². The maximum atomic E-state index is 13.3. The van der Waals surface area contributed by atoms with E-state index in [1.807, 2.05) is 48.7 Å². The smallest absolute Gasteiger partial charge is 0.335 e. The molecule has 0 aliphatic carbocycles. The van der Waals surface area contributed by atoms with Crippen molar-refractivity contribution < 1.29 is 23.5 Å². The predicted octanol–water partition coefficient (Wildman–Crippen LogP) is 3.91. The molecular weight excluding hydrogens is 413 g/mol. The molecule has 0 unspecified atom stereocenters. The van der Waals surface area contributed by atoms with Crippen LogP contribution in [0.25, 0.3) is 11.8 Å². The molecule has 0 radical (unpaired) electrons. The summed E-state index contributed by atoms with van der Waals surface area (Å²) in [5.41, 5.74) is 3.23. The standard InChI is InChI=1S/C24H20FN3O4/c1-14-12-16(15(2)27(14)18-8-10-20(32-3)11-9-18)13-21-22(29)26-24(31)28(23(21)30)19-6-4-17(25)5-7-19/h4-13H,1-3H3,(H,26,29,31)/b21-13-. The third-order valence-corrected chi connectivity index (χ3v) is 5.29. The van der Waals surface area contributed by atoms with Crippen LogP contribution >= 0.6 is 0 Å². The van der Waals surface area contributed by atoms with E-state index in [-0.39, 0.29) is 11.3 Å². The number of methoxy groups -OCH3 is 1. The summed E-state index contributed by atoms with van der Waals surface area (Å²) in [6, 6.07) is 13.3. The zero-order chi connectivity index (χ0) is 23.0. The fourth-order valence-corrected chi connectivity index (χ4v) is 3.70. The third kappa shape index (κ3) is 3.66. The van der Waals surface area contributed by atoms with Crippen LogP contribution in [-0.2, 0) is 9.59 Å². The number of urea groups is 1. The normalized spacial score (nSPS) is 15.3. The SMILES string of the molecule is COc1ccc(-n2c(C)cc(/C=C3/C(=O)NC(=O)N(c4ccc(F)cc4)C3=O)c2C)cc1. The van der Waals surface area contributed by atoms with Gasteiger partial charge in [-0.2, -0.15) is 0 Å². The maximum Gasteiger partial charge on any atom is 0.335 e. The summed E-state index contributed by atoms with van der Waals surface area (Å²) in [5, 5.41) is 2.17. The largest absolute Gasteiger partial charge is 0.497 e. The second-order valence-corrected chi connectivity index (χ2v) is 7.29. The Hall–Kier alpha value is -4.20. The molecule has 4 rings (SSSR count). The highest BCUT2D eigenvalue weighted by Crippen LogP contribution is 2.27. The molecule has 7 nitrogen and oxygen atoms in total. The molecule has 1 saturated heterocycles. The number of anilines is 1. The molecule has 4 amide bonds. The lowest BCUT2D eigenvalue weighted by Gasteiger charge is -2.26. The number of rotatable bonds is 4. The summed E-state index contributed by atoms with van der Waals surface area (Å²) in [7, 11) is 1.59. The first-order valence-electron chi connectivity index (χ1n) is 9.80. The number of nitrogens with zero attached hydrogens (tertiary/aromatic N) is 2. The zero-order valence-corrected chi connectivity index (χ0v) is 17.7. The van der Waals surface area contributed by atoms with Crippen molar-refractivity contribution >= 4 is 29.6 Å². The number of aromatic nitrogens is 1.